The quantitative estimate of drug-likeness (QED) is 0.786. The third-order valence-corrected chi connectivity index (χ3v) is 4.23. The third-order valence-electron chi connectivity index (χ3n) is 2.65. The molecule has 0 radical (unpaired) electrons. The van der Waals surface area contributed by atoms with Crippen molar-refractivity contribution in [2.45, 2.75) is 24.9 Å². The average Bonchev–Trinajstić information content (AvgIpc) is 2.82. The number of aryl methyl sites for hydroxylation is 1. The Bertz CT molecular complexity index is 663. The molecule has 1 aromatic carbocycles. The van der Waals surface area contributed by atoms with Crippen LogP contribution in [0.1, 0.15) is 19.2 Å². The standard InChI is InChI=1S/C13H13BrFN3O2S/c1-2-3-11-16-17-13(21-7-12(19)20)18(11)10-6-8(15)4-5-9(10)14/h4-6H,2-3,7H2,1H3,(H,19,20). The second-order valence-electron chi connectivity index (χ2n) is 4.26. The maximum absolute atomic E-state index is 13.5. The van der Waals surface area contributed by atoms with Gasteiger partial charge in [0.1, 0.15) is 11.6 Å². The molecule has 0 fully saturated rings. The van der Waals surface area contributed by atoms with Crippen molar-refractivity contribution in [3.63, 3.8) is 0 Å². The maximum atomic E-state index is 13.5. The Morgan fingerprint density at radius 2 is 2.24 bits per heavy atom. The van der Waals surface area contributed by atoms with Crippen molar-refractivity contribution in [2.75, 3.05) is 5.75 Å². The molecule has 0 aliphatic rings. The molecule has 21 heavy (non-hydrogen) atoms. The SMILES string of the molecule is CCCc1nnc(SCC(=O)O)n1-c1cc(F)ccc1Br. The zero-order valence-electron chi connectivity index (χ0n) is 11.2. The van der Waals surface area contributed by atoms with Crippen LogP contribution in [0.4, 0.5) is 4.39 Å². The molecule has 0 saturated heterocycles. The topological polar surface area (TPSA) is 68.0 Å². The highest BCUT2D eigenvalue weighted by atomic mass is 79.9. The van der Waals surface area contributed by atoms with Gasteiger partial charge in [0.05, 0.1) is 11.4 Å². The fourth-order valence-corrected chi connectivity index (χ4v) is 2.91. The molecule has 0 atom stereocenters. The van der Waals surface area contributed by atoms with E-state index >= 15 is 0 Å². The zero-order chi connectivity index (χ0) is 15.4. The normalized spacial score (nSPS) is 10.8. The summed E-state index contributed by atoms with van der Waals surface area (Å²) in [5, 5.41) is 17.3. The summed E-state index contributed by atoms with van der Waals surface area (Å²) in [6.07, 6.45) is 1.53. The molecule has 0 spiro atoms. The molecule has 1 aromatic heterocycles. The van der Waals surface area contributed by atoms with E-state index in [-0.39, 0.29) is 11.6 Å². The van der Waals surface area contributed by atoms with Crippen LogP contribution in [0.5, 0.6) is 0 Å². The molecule has 0 unspecified atom stereocenters. The van der Waals surface area contributed by atoms with Crippen LogP contribution in [0, 0.1) is 5.82 Å². The first-order valence-electron chi connectivity index (χ1n) is 6.27. The van der Waals surface area contributed by atoms with Gasteiger partial charge in [-0.3, -0.25) is 9.36 Å². The molecule has 0 amide bonds. The Morgan fingerprint density at radius 1 is 1.48 bits per heavy atom. The van der Waals surface area contributed by atoms with E-state index in [1.807, 2.05) is 6.92 Å². The van der Waals surface area contributed by atoms with Gasteiger partial charge in [-0.2, -0.15) is 0 Å². The molecule has 112 valence electrons. The minimum atomic E-state index is -0.940. The fraction of sp³-hybridized carbons (Fsp3) is 0.308. The number of halogens is 2. The van der Waals surface area contributed by atoms with E-state index in [0.29, 0.717) is 27.6 Å². The largest absolute Gasteiger partial charge is 0.481 e. The summed E-state index contributed by atoms with van der Waals surface area (Å²) in [6, 6.07) is 4.32. The van der Waals surface area contributed by atoms with Gasteiger partial charge in [-0.15, -0.1) is 10.2 Å². The van der Waals surface area contributed by atoms with Crippen LogP contribution in [-0.2, 0) is 11.2 Å². The van der Waals surface area contributed by atoms with E-state index in [4.69, 9.17) is 5.11 Å². The van der Waals surface area contributed by atoms with Gasteiger partial charge in [0, 0.05) is 10.9 Å². The lowest BCUT2D eigenvalue weighted by molar-refractivity contribution is -0.133. The van der Waals surface area contributed by atoms with Crippen molar-refractivity contribution in [2.24, 2.45) is 0 Å². The van der Waals surface area contributed by atoms with Gasteiger partial charge in [0.15, 0.2) is 5.16 Å². The van der Waals surface area contributed by atoms with E-state index in [1.54, 1.807) is 10.6 Å². The van der Waals surface area contributed by atoms with Gasteiger partial charge < -0.3 is 5.11 Å². The van der Waals surface area contributed by atoms with Crippen molar-refractivity contribution in [1.29, 1.82) is 0 Å². The summed E-state index contributed by atoms with van der Waals surface area (Å²) in [4.78, 5) is 10.7. The van der Waals surface area contributed by atoms with Gasteiger partial charge in [0.2, 0.25) is 0 Å². The Hall–Kier alpha value is -1.41. The summed E-state index contributed by atoms with van der Waals surface area (Å²) in [5.74, 6) is -0.767. The lowest BCUT2D eigenvalue weighted by atomic mass is 10.3. The van der Waals surface area contributed by atoms with Crippen LogP contribution in [0.25, 0.3) is 5.69 Å². The maximum Gasteiger partial charge on any atom is 0.313 e. The molecule has 0 saturated carbocycles. The van der Waals surface area contributed by atoms with E-state index in [0.717, 1.165) is 18.2 Å². The van der Waals surface area contributed by atoms with Crippen LogP contribution in [0.15, 0.2) is 27.8 Å². The van der Waals surface area contributed by atoms with Crippen molar-refractivity contribution in [3.8, 4) is 5.69 Å². The third kappa shape index (κ3) is 3.82. The van der Waals surface area contributed by atoms with Gasteiger partial charge in [-0.1, -0.05) is 18.7 Å². The van der Waals surface area contributed by atoms with Crippen molar-refractivity contribution < 1.29 is 14.3 Å². The first-order valence-corrected chi connectivity index (χ1v) is 8.05. The van der Waals surface area contributed by atoms with Crippen LogP contribution in [0.3, 0.4) is 0 Å². The van der Waals surface area contributed by atoms with Crippen molar-refractivity contribution in [1.82, 2.24) is 14.8 Å². The first-order chi connectivity index (χ1) is 10.0. The lowest BCUT2D eigenvalue weighted by Crippen LogP contribution is -2.06. The van der Waals surface area contributed by atoms with Gasteiger partial charge >= 0.3 is 5.97 Å². The number of aromatic nitrogens is 3. The van der Waals surface area contributed by atoms with Gasteiger partial charge in [-0.05, 0) is 40.5 Å². The van der Waals surface area contributed by atoms with Crippen molar-refractivity contribution in [3.05, 3.63) is 34.3 Å². The summed E-state index contributed by atoms with van der Waals surface area (Å²) in [6.45, 7) is 2.00. The fourth-order valence-electron chi connectivity index (χ4n) is 1.80. The van der Waals surface area contributed by atoms with E-state index in [9.17, 15) is 9.18 Å². The minimum absolute atomic E-state index is 0.128. The molecule has 2 aromatic rings. The van der Waals surface area contributed by atoms with E-state index in [2.05, 4.69) is 26.1 Å². The molecule has 0 aliphatic heterocycles. The molecular formula is C13H13BrFN3O2S. The number of carboxylic acid groups (broad SMARTS) is 1. The Balaban J connectivity index is 2.49. The summed E-state index contributed by atoms with van der Waals surface area (Å²) >= 11 is 4.44. The van der Waals surface area contributed by atoms with Gasteiger partial charge in [-0.25, -0.2) is 4.39 Å². The van der Waals surface area contributed by atoms with Crippen molar-refractivity contribution >= 4 is 33.7 Å². The number of carboxylic acids is 1. The first kappa shape index (κ1) is 16.0. The Labute approximate surface area is 133 Å². The van der Waals surface area contributed by atoms with Crippen LogP contribution in [0.2, 0.25) is 0 Å². The van der Waals surface area contributed by atoms with E-state index in [1.165, 1.54) is 12.1 Å². The van der Waals surface area contributed by atoms with Crippen LogP contribution < -0.4 is 0 Å². The molecule has 5 nitrogen and oxygen atoms in total. The second kappa shape index (κ2) is 7.04. The summed E-state index contributed by atoms with van der Waals surface area (Å²) in [7, 11) is 0. The highest BCUT2D eigenvalue weighted by Crippen LogP contribution is 2.28. The monoisotopic (exact) mass is 373 g/mol. The molecule has 2 rings (SSSR count). The predicted octanol–water partition coefficient (Wildman–Crippen LogP) is 3.30. The summed E-state index contributed by atoms with van der Waals surface area (Å²) in [5.41, 5.74) is 0.566. The minimum Gasteiger partial charge on any atom is -0.481 e. The molecule has 0 aliphatic carbocycles. The average molecular weight is 374 g/mol. The molecule has 1 N–H and O–H groups in total. The molecule has 1 heterocycles. The lowest BCUT2D eigenvalue weighted by Gasteiger charge is -2.11. The highest BCUT2D eigenvalue weighted by molar-refractivity contribution is 9.10. The molecule has 8 heteroatoms. The molecular weight excluding hydrogens is 361 g/mol. The Kier molecular flexibility index (Phi) is 5.35. The Morgan fingerprint density at radius 3 is 2.90 bits per heavy atom. The molecule has 0 bridgehead atoms. The second-order valence-corrected chi connectivity index (χ2v) is 6.06. The van der Waals surface area contributed by atoms with Crippen LogP contribution >= 0.6 is 27.7 Å². The number of benzene rings is 1. The zero-order valence-corrected chi connectivity index (χ0v) is 13.6. The van der Waals surface area contributed by atoms with Gasteiger partial charge in [0.25, 0.3) is 0 Å². The smallest absolute Gasteiger partial charge is 0.313 e. The number of hydrogen-bond donors (Lipinski definition) is 1. The number of rotatable bonds is 6. The predicted molar refractivity (Wildman–Crippen MR) is 81.4 cm³/mol. The summed E-state index contributed by atoms with van der Waals surface area (Å²) < 4.78 is 15.9. The number of nitrogens with zero attached hydrogens (tertiary/aromatic N) is 3. The highest BCUT2D eigenvalue weighted by Gasteiger charge is 2.17. The number of aliphatic carboxylic acids is 1. The number of thioether (sulfide) groups is 1. The number of carbonyl (C=O) groups is 1. The number of hydrogen-bond acceptors (Lipinski definition) is 4. The van der Waals surface area contributed by atoms with E-state index < -0.39 is 5.97 Å². The van der Waals surface area contributed by atoms with Crippen LogP contribution in [-0.4, -0.2) is 31.6 Å².